The van der Waals surface area contributed by atoms with Crippen molar-refractivity contribution in [1.82, 2.24) is 4.31 Å². The summed E-state index contributed by atoms with van der Waals surface area (Å²) in [5.74, 6) is 0. The Morgan fingerprint density at radius 3 is 2.56 bits per heavy atom. The fourth-order valence-corrected chi connectivity index (χ4v) is 3.80. The molecule has 0 fully saturated rings. The van der Waals surface area contributed by atoms with Gasteiger partial charge in [0.15, 0.2) is 0 Å². The number of halogens is 1. The van der Waals surface area contributed by atoms with Crippen molar-refractivity contribution in [3.05, 3.63) is 40.4 Å². The topological polar surface area (TPSA) is 57.6 Å². The van der Waals surface area contributed by atoms with Crippen LogP contribution < -0.4 is 0 Å². The van der Waals surface area contributed by atoms with Crippen LogP contribution in [0.4, 0.5) is 0 Å². The predicted molar refractivity (Wildman–Crippen MR) is 74.7 cm³/mol. The average molecular weight is 334 g/mol. The molecule has 1 N–H and O–H groups in total. The van der Waals surface area contributed by atoms with Gasteiger partial charge in [0.2, 0.25) is 10.0 Å². The molecule has 100 valence electrons. The molecule has 0 bridgehead atoms. The molecular formula is C12H16BrNO3S. The first kappa shape index (κ1) is 15.4. The van der Waals surface area contributed by atoms with Crippen molar-refractivity contribution >= 4 is 26.0 Å². The summed E-state index contributed by atoms with van der Waals surface area (Å²) in [6.07, 6.45) is 0. The highest BCUT2D eigenvalue weighted by Crippen LogP contribution is 2.26. The van der Waals surface area contributed by atoms with Crippen LogP contribution in [0.3, 0.4) is 0 Å². The van der Waals surface area contributed by atoms with Crippen LogP contribution in [-0.4, -0.2) is 31.4 Å². The zero-order valence-electron chi connectivity index (χ0n) is 10.4. The van der Waals surface area contributed by atoms with E-state index in [0.717, 1.165) is 5.57 Å². The van der Waals surface area contributed by atoms with Crippen LogP contribution in [0, 0.1) is 0 Å². The molecule has 0 spiro atoms. The van der Waals surface area contributed by atoms with Crippen molar-refractivity contribution in [3.63, 3.8) is 0 Å². The lowest BCUT2D eigenvalue weighted by atomic mass is 10.2. The summed E-state index contributed by atoms with van der Waals surface area (Å²) >= 11 is 3.22. The Morgan fingerprint density at radius 2 is 2.11 bits per heavy atom. The number of likely N-dealkylation sites (N-methyl/N-ethyl adjacent to an activating group) is 1. The highest BCUT2D eigenvalue weighted by molar-refractivity contribution is 9.10. The fourth-order valence-electron chi connectivity index (χ4n) is 1.48. The van der Waals surface area contributed by atoms with E-state index in [9.17, 15) is 8.42 Å². The monoisotopic (exact) mass is 333 g/mol. The first-order valence-electron chi connectivity index (χ1n) is 5.29. The molecule has 0 aliphatic carbocycles. The molecule has 4 nitrogen and oxygen atoms in total. The third-order valence-electron chi connectivity index (χ3n) is 2.36. The molecule has 0 saturated carbocycles. The maximum absolute atomic E-state index is 12.3. The summed E-state index contributed by atoms with van der Waals surface area (Å²) in [4.78, 5) is 0.184. The van der Waals surface area contributed by atoms with E-state index >= 15 is 0 Å². The van der Waals surface area contributed by atoms with Gasteiger partial charge in [-0.05, 0) is 40.5 Å². The summed E-state index contributed by atoms with van der Waals surface area (Å²) < 4.78 is 26.3. The molecule has 1 aromatic carbocycles. The minimum Gasteiger partial charge on any atom is -0.392 e. The molecule has 0 amide bonds. The second-order valence-electron chi connectivity index (χ2n) is 4.14. The zero-order valence-corrected chi connectivity index (χ0v) is 12.8. The van der Waals surface area contributed by atoms with Crippen LogP contribution in [0.1, 0.15) is 12.5 Å². The van der Waals surface area contributed by atoms with Crippen molar-refractivity contribution in [1.29, 1.82) is 0 Å². The second-order valence-corrected chi connectivity index (χ2v) is 7.01. The minimum absolute atomic E-state index is 0.124. The summed E-state index contributed by atoms with van der Waals surface area (Å²) in [5, 5.41) is 8.99. The number of sulfonamides is 1. The lowest BCUT2D eigenvalue weighted by Crippen LogP contribution is -2.28. The van der Waals surface area contributed by atoms with E-state index in [1.54, 1.807) is 19.1 Å². The molecular weight excluding hydrogens is 318 g/mol. The van der Waals surface area contributed by atoms with E-state index in [2.05, 4.69) is 22.5 Å². The largest absolute Gasteiger partial charge is 0.392 e. The van der Waals surface area contributed by atoms with E-state index in [1.165, 1.54) is 17.4 Å². The number of rotatable bonds is 5. The second kappa shape index (κ2) is 5.97. The SMILES string of the molecule is C=C(C)CN(C)S(=O)(=O)c1ccc(CO)cc1Br. The molecule has 18 heavy (non-hydrogen) atoms. The molecule has 0 atom stereocenters. The molecule has 1 aromatic rings. The lowest BCUT2D eigenvalue weighted by Gasteiger charge is -2.18. The smallest absolute Gasteiger partial charge is 0.244 e. The highest BCUT2D eigenvalue weighted by Gasteiger charge is 2.23. The van der Waals surface area contributed by atoms with Gasteiger partial charge in [0.05, 0.1) is 11.5 Å². The van der Waals surface area contributed by atoms with Crippen molar-refractivity contribution in [2.45, 2.75) is 18.4 Å². The summed E-state index contributed by atoms with van der Waals surface area (Å²) in [6, 6.07) is 4.67. The van der Waals surface area contributed by atoms with Crippen molar-refractivity contribution in [2.24, 2.45) is 0 Å². The van der Waals surface area contributed by atoms with Gasteiger partial charge in [-0.3, -0.25) is 0 Å². The van der Waals surface area contributed by atoms with E-state index in [1.807, 2.05) is 0 Å². The number of hydrogen-bond acceptors (Lipinski definition) is 3. The zero-order chi connectivity index (χ0) is 13.9. The van der Waals surface area contributed by atoms with Gasteiger partial charge >= 0.3 is 0 Å². The molecule has 6 heteroatoms. The molecule has 0 aliphatic heterocycles. The third kappa shape index (κ3) is 3.41. The minimum atomic E-state index is -3.55. The first-order chi connectivity index (χ1) is 8.28. The Labute approximate surface area is 116 Å². The van der Waals surface area contributed by atoms with Crippen molar-refractivity contribution < 1.29 is 13.5 Å². The molecule has 0 unspecified atom stereocenters. The van der Waals surface area contributed by atoms with Crippen LogP contribution in [0.15, 0.2) is 39.7 Å². The van der Waals surface area contributed by atoms with Gasteiger partial charge < -0.3 is 5.11 Å². The number of hydrogen-bond donors (Lipinski definition) is 1. The molecule has 1 rings (SSSR count). The maximum atomic E-state index is 12.3. The van der Waals surface area contributed by atoms with Gasteiger partial charge in [-0.1, -0.05) is 18.2 Å². The Balaban J connectivity index is 3.16. The maximum Gasteiger partial charge on any atom is 0.244 e. The van der Waals surface area contributed by atoms with Gasteiger partial charge in [0, 0.05) is 18.1 Å². The first-order valence-corrected chi connectivity index (χ1v) is 7.52. The van der Waals surface area contributed by atoms with E-state index in [0.29, 0.717) is 10.0 Å². The van der Waals surface area contributed by atoms with Crippen LogP contribution >= 0.6 is 15.9 Å². The molecule has 0 saturated heterocycles. The van der Waals surface area contributed by atoms with Gasteiger partial charge in [0.25, 0.3) is 0 Å². The summed E-state index contributed by atoms with van der Waals surface area (Å²) in [6.45, 7) is 5.62. The molecule has 0 aliphatic rings. The van der Waals surface area contributed by atoms with Gasteiger partial charge in [0.1, 0.15) is 0 Å². The van der Waals surface area contributed by atoms with Crippen LogP contribution in [0.5, 0.6) is 0 Å². The van der Waals surface area contributed by atoms with E-state index < -0.39 is 10.0 Å². The predicted octanol–water partition coefficient (Wildman–Crippen LogP) is 2.14. The summed E-state index contributed by atoms with van der Waals surface area (Å²) in [7, 11) is -2.04. The van der Waals surface area contributed by atoms with Crippen molar-refractivity contribution in [2.75, 3.05) is 13.6 Å². The third-order valence-corrected chi connectivity index (χ3v) is 5.14. The fraction of sp³-hybridized carbons (Fsp3) is 0.333. The standard InChI is InChI=1S/C12H16BrNO3S/c1-9(2)7-14(3)18(16,17)12-5-4-10(8-15)6-11(12)13/h4-6,15H,1,7-8H2,2-3H3. The number of nitrogens with zero attached hydrogens (tertiary/aromatic N) is 1. The Bertz CT molecular complexity index is 554. The van der Waals surface area contributed by atoms with Gasteiger partial charge in [-0.25, -0.2) is 8.42 Å². The molecule has 0 heterocycles. The van der Waals surface area contributed by atoms with Crippen LogP contribution in [0.25, 0.3) is 0 Å². The highest BCUT2D eigenvalue weighted by atomic mass is 79.9. The van der Waals surface area contributed by atoms with Crippen molar-refractivity contribution in [3.8, 4) is 0 Å². The normalized spacial score (nSPS) is 11.8. The molecule has 0 radical (unpaired) electrons. The summed E-state index contributed by atoms with van der Waals surface area (Å²) in [5.41, 5.74) is 1.42. The van der Waals surface area contributed by atoms with Gasteiger partial charge in [-0.2, -0.15) is 4.31 Å². The van der Waals surface area contributed by atoms with Crippen LogP contribution in [-0.2, 0) is 16.6 Å². The van der Waals surface area contributed by atoms with E-state index in [4.69, 9.17) is 5.11 Å². The molecule has 0 aromatic heterocycles. The Kier molecular flexibility index (Phi) is 5.10. The van der Waals surface area contributed by atoms with Crippen LogP contribution in [0.2, 0.25) is 0 Å². The number of aliphatic hydroxyl groups is 1. The van der Waals surface area contributed by atoms with E-state index in [-0.39, 0.29) is 18.0 Å². The average Bonchev–Trinajstić information content (AvgIpc) is 2.27. The lowest BCUT2D eigenvalue weighted by molar-refractivity contribution is 0.281. The quantitative estimate of drug-likeness (QED) is 0.840. The Morgan fingerprint density at radius 1 is 1.50 bits per heavy atom. The number of benzene rings is 1. The van der Waals surface area contributed by atoms with Gasteiger partial charge in [-0.15, -0.1) is 0 Å². The Hall–Kier alpha value is -0.690. The number of aliphatic hydroxyl groups excluding tert-OH is 1.